The van der Waals surface area contributed by atoms with Crippen molar-refractivity contribution in [1.82, 2.24) is 5.32 Å². The maximum Gasteiger partial charge on any atom is 0.241 e. The zero-order valence-electron chi connectivity index (χ0n) is 15.6. The standard InChI is InChI=1S/C19H22Cl2N2O3S/c1-12-5-6-15(9-13(12)2)14(3)22-19(24)11-23(27(4,25)26)16-7-8-17(20)18(21)10-16/h5-10,14H,11H2,1-4H3,(H,22,24). The highest BCUT2D eigenvalue weighted by molar-refractivity contribution is 7.92. The molecule has 0 radical (unpaired) electrons. The van der Waals surface area contributed by atoms with E-state index < -0.39 is 15.9 Å². The second-order valence-corrected chi connectivity index (χ2v) is 9.22. The highest BCUT2D eigenvalue weighted by Gasteiger charge is 2.22. The van der Waals surface area contributed by atoms with Crippen molar-refractivity contribution in [2.24, 2.45) is 0 Å². The van der Waals surface area contributed by atoms with E-state index in [4.69, 9.17) is 23.2 Å². The molecule has 146 valence electrons. The number of carbonyl (C=O) groups excluding carboxylic acids is 1. The van der Waals surface area contributed by atoms with Crippen molar-refractivity contribution >= 4 is 44.8 Å². The van der Waals surface area contributed by atoms with Crippen LogP contribution in [0.1, 0.15) is 29.7 Å². The number of carbonyl (C=O) groups is 1. The van der Waals surface area contributed by atoms with Crippen LogP contribution in [0.3, 0.4) is 0 Å². The molecule has 0 fully saturated rings. The molecule has 0 aliphatic rings. The number of nitrogens with one attached hydrogen (secondary N) is 1. The highest BCUT2D eigenvalue weighted by Crippen LogP contribution is 2.28. The summed E-state index contributed by atoms with van der Waals surface area (Å²) in [5.41, 5.74) is 3.52. The quantitative estimate of drug-likeness (QED) is 0.747. The molecule has 8 heteroatoms. The van der Waals surface area contributed by atoms with Gasteiger partial charge in [0.1, 0.15) is 6.54 Å². The molecule has 0 saturated heterocycles. The van der Waals surface area contributed by atoms with E-state index in [0.717, 1.165) is 21.7 Å². The van der Waals surface area contributed by atoms with E-state index in [2.05, 4.69) is 5.32 Å². The molecule has 0 aliphatic heterocycles. The fourth-order valence-corrected chi connectivity index (χ4v) is 3.72. The summed E-state index contributed by atoms with van der Waals surface area (Å²) in [7, 11) is -3.68. The number of anilines is 1. The van der Waals surface area contributed by atoms with Crippen LogP contribution in [0.4, 0.5) is 5.69 Å². The van der Waals surface area contributed by atoms with Crippen molar-refractivity contribution in [3.63, 3.8) is 0 Å². The van der Waals surface area contributed by atoms with Crippen molar-refractivity contribution in [1.29, 1.82) is 0 Å². The topological polar surface area (TPSA) is 66.5 Å². The number of sulfonamides is 1. The van der Waals surface area contributed by atoms with E-state index in [9.17, 15) is 13.2 Å². The first-order chi connectivity index (χ1) is 12.5. The monoisotopic (exact) mass is 428 g/mol. The largest absolute Gasteiger partial charge is 0.348 e. The summed E-state index contributed by atoms with van der Waals surface area (Å²) < 4.78 is 25.3. The molecule has 0 saturated carbocycles. The molecule has 2 rings (SSSR count). The SMILES string of the molecule is Cc1ccc(C(C)NC(=O)CN(c2ccc(Cl)c(Cl)c2)S(C)(=O)=O)cc1C. The van der Waals surface area contributed by atoms with Gasteiger partial charge in [-0.2, -0.15) is 0 Å². The molecule has 5 nitrogen and oxygen atoms in total. The molecule has 2 aromatic carbocycles. The molecule has 1 unspecified atom stereocenters. The van der Waals surface area contributed by atoms with Crippen LogP contribution in [0.2, 0.25) is 10.0 Å². The minimum absolute atomic E-state index is 0.215. The molecule has 0 aromatic heterocycles. The van der Waals surface area contributed by atoms with Crippen LogP contribution in [0.25, 0.3) is 0 Å². The van der Waals surface area contributed by atoms with Crippen LogP contribution in [0.5, 0.6) is 0 Å². The van der Waals surface area contributed by atoms with Gasteiger partial charge in [-0.25, -0.2) is 8.42 Å². The zero-order chi connectivity index (χ0) is 20.4. The van der Waals surface area contributed by atoms with E-state index in [1.165, 1.54) is 23.8 Å². The summed E-state index contributed by atoms with van der Waals surface area (Å²) in [6, 6.07) is 10.1. The van der Waals surface area contributed by atoms with Crippen LogP contribution < -0.4 is 9.62 Å². The predicted molar refractivity (Wildman–Crippen MR) is 111 cm³/mol. The molecular weight excluding hydrogens is 407 g/mol. The summed E-state index contributed by atoms with van der Waals surface area (Å²) in [5.74, 6) is -0.419. The van der Waals surface area contributed by atoms with Gasteiger partial charge in [0.05, 0.1) is 28.0 Å². The molecule has 0 heterocycles. The fraction of sp³-hybridized carbons (Fsp3) is 0.316. The summed E-state index contributed by atoms with van der Waals surface area (Å²) in [6.45, 7) is 5.52. The average Bonchev–Trinajstić information content (AvgIpc) is 2.56. The Morgan fingerprint density at radius 3 is 2.30 bits per heavy atom. The summed E-state index contributed by atoms with van der Waals surface area (Å²) in [4.78, 5) is 12.5. The molecule has 1 amide bonds. The minimum atomic E-state index is -3.68. The van der Waals surface area contributed by atoms with Gasteiger partial charge in [-0.3, -0.25) is 9.10 Å². The van der Waals surface area contributed by atoms with Crippen molar-refractivity contribution < 1.29 is 13.2 Å². The van der Waals surface area contributed by atoms with Crippen LogP contribution in [-0.4, -0.2) is 27.1 Å². The van der Waals surface area contributed by atoms with Gasteiger partial charge in [-0.05, 0) is 55.7 Å². The van der Waals surface area contributed by atoms with Crippen molar-refractivity contribution in [2.75, 3.05) is 17.1 Å². The van der Waals surface area contributed by atoms with Crippen molar-refractivity contribution in [3.05, 3.63) is 63.1 Å². The Bertz CT molecular complexity index is 961. The van der Waals surface area contributed by atoms with Gasteiger partial charge in [0.25, 0.3) is 0 Å². The Labute approximate surface area is 170 Å². The maximum atomic E-state index is 12.5. The first-order valence-corrected chi connectivity index (χ1v) is 10.9. The smallest absolute Gasteiger partial charge is 0.241 e. The third-order valence-electron chi connectivity index (χ3n) is 4.29. The fourth-order valence-electron chi connectivity index (χ4n) is 2.58. The average molecular weight is 429 g/mol. The molecular formula is C19H22Cl2N2O3S. The van der Waals surface area contributed by atoms with E-state index >= 15 is 0 Å². The van der Waals surface area contributed by atoms with E-state index in [-0.39, 0.29) is 23.3 Å². The second-order valence-electron chi connectivity index (χ2n) is 6.50. The number of halogens is 2. The van der Waals surface area contributed by atoms with Gasteiger partial charge in [0.15, 0.2) is 0 Å². The Morgan fingerprint density at radius 1 is 1.07 bits per heavy atom. The van der Waals surface area contributed by atoms with Crippen molar-refractivity contribution in [3.8, 4) is 0 Å². The third-order valence-corrected chi connectivity index (χ3v) is 6.17. The zero-order valence-corrected chi connectivity index (χ0v) is 17.9. The number of aryl methyl sites for hydroxylation is 2. The van der Waals surface area contributed by atoms with Gasteiger partial charge in [0, 0.05) is 0 Å². The molecule has 0 bridgehead atoms. The molecule has 1 atom stereocenters. The molecule has 2 aromatic rings. The lowest BCUT2D eigenvalue weighted by molar-refractivity contribution is -0.120. The predicted octanol–water partition coefficient (Wildman–Crippen LogP) is 4.25. The van der Waals surface area contributed by atoms with Crippen molar-refractivity contribution in [2.45, 2.75) is 26.8 Å². The van der Waals surface area contributed by atoms with E-state index in [0.29, 0.717) is 5.02 Å². The molecule has 1 N–H and O–H groups in total. The van der Waals surface area contributed by atoms with Gasteiger partial charge < -0.3 is 5.32 Å². The Kier molecular flexibility index (Phi) is 6.78. The first-order valence-electron chi connectivity index (χ1n) is 8.28. The minimum Gasteiger partial charge on any atom is -0.348 e. The number of rotatable bonds is 6. The number of benzene rings is 2. The normalized spacial score (nSPS) is 12.5. The highest BCUT2D eigenvalue weighted by atomic mass is 35.5. The lowest BCUT2D eigenvalue weighted by Crippen LogP contribution is -2.41. The Hall–Kier alpha value is -1.76. The lowest BCUT2D eigenvalue weighted by atomic mass is 10.0. The molecule has 0 aliphatic carbocycles. The van der Waals surface area contributed by atoms with Gasteiger partial charge in [0.2, 0.25) is 15.9 Å². The van der Waals surface area contributed by atoms with Crippen LogP contribution >= 0.6 is 23.2 Å². The summed E-state index contributed by atoms with van der Waals surface area (Å²) in [6.07, 6.45) is 1.04. The van der Waals surface area contributed by atoms with Crippen LogP contribution in [-0.2, 0) is 14.8 Å². The second kappa shape index (κ2) is 8.50. The van der Waals surface area contributed by atoms with Crippen LogP contribution in [0.15, 0.2) is 36.4 Å². The van der Waals surface area contributed by atoms with Gasteiger partial charge in [-0.15, -0.1) is 0 Å². The number of hydrogen-bond donors (Lipinski definition) is 1. The number of hydrogen-bond acceptors (Lipinski definition) is 3. The Morgan fingerprint density at radius 2 is 1.74 bits per heavy atom. The summed E-state index contributed by atoms with van der Waals surface area (Å²) in [5, 5.41) is 3.36. The third kappa shape index (κ3) is 5.61. The molecule has 0 spiro atoms. The van der Waals surface area contributed by atoms with Gasteiger partial charge in [-0.1, -0.05) is 41.4 Å². The van der Waals surface area contributed by atoms with Crippen LogP contribution in [0, 0.1) is 13.8 Å². The lowest BCUT2D eigenvalue weighted by Gasteiger charge is -2.23. The number of amides is 1. The first kappa shape index (κ1) is 21.5. The number of nitrogens with zero attached hydrogens (tertiary/aromatic N) is 1. The Balaban J connectivity index is 2.18. The molecule has 27 heavy (non-hydrogen) atoms. The van der Waals surface area contributed by atoms with E-state index in [1.807, 2.05) is 39.0 Å². The van der Waals surface area contributed by atoms with E-state index in [1.54, 1.807) is 0 Å². The maximum absolute atomic E-state index is 12.5. The summed E-state index contributed by atoms with van der Waals surface area (Å²) >= 11 is 11.9. The van der Waals surface area contributed by atoms with Gasteiger partial charge >= 0.3 is 0 Å².